The molecule has 1 amide bonds. The van der Waals surface area contributed by atoms with E-state index in [2.05, 4.69) is 15.7 Å². The van der Waals surface area contributed by atoms with E-state index < -0.39 is 5.54 Å². The van der Waals surface area contributed by atoms with E-state index in [0.717, 1.165) is 19.4 Å². The molecular formula is C10H19N5O. The maximum atomic E-state index is 11.8. The number of amides is 1. The Morgan fingerprint density at radius 3 is 2.88 bits per heavy atom. The van der Waals surface area contributed by atoms with Crippen LogP contribution in [0.25, 0.3) is 0 Å². The van der Waals surface area contributed by atoms with Gasteiger partial charge < -0.3 is 10.2 Å². The minimum atomic E-state index is -0.599. The van der Waals surface area contributed by atoms with Crippen molar-refractivity contribution in [3.63, 3.8) is 0 Å². The number of nitrogens with zero attached hydrogens (tertiary/aromatic N) is 2. The minimum Gasteiger partial charge on any atom is -0.352 e. The average Bonchev–Trinajstić information content (AvgIpc) is 3.03. The Morgan fingerprint density at radius 2 is 2.31 bits per heavy atom. The van der Waals surface area contributed by atoms with Crippen molar-refractivity contribution in [1.82, 2.24) is 15.6 Å². The van der Waals surface area contributed by atoms with Crippen LogP contribution < -0.4 is 16.6 Å². The zero-order chi connectivity index (χ0) is 11.8. The monoisotopic (exact) mass is 225 g/mol. The van der Waals surface area contributed by atoms with Gasteiger partial charge in [-0.25, -0.2) is 10.8 Å². The van der Waals surface area contributed by atoms with Crippen LogP contribution in [0.3, 0.4) is 0 Å². The van der Waals surface area contributed by atoms with Gasteiger partial charge in [0, 0.05) is 13.1 Å². The molecule has 1 saturated heterocycles. The first-order valence-corrected chi connectivity index (χ1v) is 5.66. The number of nitrogens with two attached hydrogens (primary N) is 1. The zero-order valence-electron chi connectivity index (χ0n) is 9.79. The lowest BCUT2D eigenvalue weighted by atomic mass is 9.99. The first kappa shape index (κ1) is 11.2. The number of carbonyl (C=O) groups excluding carboxylic acids is 1. The number of hydrogen-bond acceptors (Lipinski definition) is 3. The molecule has 0 atom stereocenters. The standard InChI is InChI=1S/C10H19N5O/c1-10(2)8(16)12-5-6-15(10)9(14-11)13-7-3-4-7/h7H,3-6,11H2,1-2H3,(H,12,16)(H,13,14). The van der Waals surface area contributed by atoms with Crippen LogP contribution in [0.5, 0.6) is 0 Å². The summed E-state index contributed by atoms with van der Waals surface area (Å²) in [5.74, 6) is 6.13. The fraction of sp³-hybridized carbons (Fsp3) is 0.800. The van der Waals surface area contributed by atoms with Crippen molar-refractivity contribution in [3.8, 4) is 0 Å². The van der Waals surface area contributed by atoms with Gasteiger partial charge in [0.1, 0.15) is 5.54 Å². The molecule has 0 aromatic heterocycles. The Bertz CT molecular complexity index is 321. The molecule has 6 heteroatoms. The lowest BCUT2D eigenvalue weighted by Crippen LogP contribution is -2.66. The highest BCUT2D eigenvalue weighted by Gasteiger charge is 2.40. The molecule has 1 heterocycles. The van der Waals surface area contributed by atoms with Gasteiger partial charge in [0.2, 0.25) is 11.9 Å². The van der Waals surface area contributed by atoms with Gasteiger partial charge in [-0.1, -0.05) is 0 Å². The molecule has 1 aliphatic carbocycles. The van der Waals surface area contributed by atoms with E-state index in [1.165, 1.54) is 0 Å². The number of carbonyl (C=O) groups is 1. The Morgan fingerprint density at radius 1 is 1.62 bits per heavy atom. The number of hydrogen-bond donors (Lipinski definition) is 3. The number of hydrazine groups is 1. The van der Waals surface area contributed by atoms with Crippen molar-refractivity contribution in [2.45, 2.75) is 38.3 Å². The summed E-state index contributed by atoms with van der Waals surface area (Å²) < 4.78 is 0. The predicted octanol–water partition coefficient (Wildman–Crippen LogP) is -0.821. The van der Waals surface area contributed by atoms with E-state index in [9.17, 15) is 4.79 Å². The fourth-order valence-electron chi connectivity index (χ4n) is 1.83. The summed E-state index contributed by atoms with van der Waals surface area (Å²) in [4.78, 5) is 18.2. The number of rotatable bonds is 1. The molecule has 1 aliphatic heterocycles. The molecule has 2 fully saturated rings. The lowest BCUT2D eigenvalue weighted by Gasteiger charge is -2.42. The molecule has 0 aromatic carbocycles. The summed E-state index contributed by atoms with van der Waals surface area (Å²) in [5, 5.41) is 2.85. The second kappa shape index (κ2) is 3.93. The van der Waals surface area contributed by atoms with Crippen LogP contribution in [0.1, 0.15) is 26.7 Å². The first-order valence-electron chi connectivity index (χ1n) is 5.66. The van der Waals surface area contributed by atoms with Gasteiger partial charge in [-0.05, 0) is 26.7 Å². The van der Waals surface area contributed by atoms with Crippen LogP contribution >= 0.6 is 0 Å². The SMILES string of the molecule is CC1(C)C(=O)NCCN1C(=NC1CC1)NN. The van der Waals surface area contributed by atoms with Gasteiger partial charge in [-0.2, -0.15) is 0 Å². The number of nitrogens with one attached hydrogen (secondary N) is 2. The second-order valence-electron chi connectivity index (χ2n) is 4.79. The average molecular weight is 225 g/mol. The van der Waals surface area contributed by atoms with E-state index in [1.807, 2.05) is 18.7 Å². The third kappa shape index (κ3) is 1.97. The highest BCUT2D eigenvalue weighted by molar-refractivity contribution is 5.92. The Kier molecular flexibility index (Phi) is 2.75. The number of aliphatic imine (C=N–C) groups is 1. The summed E-state index contributed by atoms with van der Waals surface area (Å²) in [6, 6.07) is 0.381. The van der Waals surface area contributed by atoms with Crippen LogP contribution in [0.4, 0.5) is 0 Å². The summed E-state index contributed by atoms with van der Waals surface area (Å²) in [5.41, 5.74) is 2.02. The number of guanidine groups is 1. The molecule has 90 valence electrons. The van der Waals surface area contributed by atoms with E-state index in [4.69, 9.17) is 5.84 Å². The van der Waals surface area contributed by atoms with Crippen molar-refractivity contribution in [2.24, 2.45) is 10.8 Å². The summed E-state index contributed by atoms with van der Waals surface area (Å²) >= 11 is 0. The molecular weight excluding hydrogens is 206 g/mol. The smallest absolute Gasteiger partial charge is 0.245 e. The summed E-state index contributed by atoms with van der Waals surface area (Å²) in [6.45, 7) is 5.12. The van der Waals surface area contributed by atoms with Crippen LogP contribution in [-0.4, -0.2) is 41.4 Å². The van der Waals surface area contributed by atoms with Crippen LogP contribution in [-0.2, 0) is 4.79 Å². The van der Waals surface area contributed by atoms with Gasteiger partial charge in [0.15, 0.2) is 0 Å². The number of piperazine rings is 1. The molecule has 1 saturated carbocycles. The molecule has 16 heavy (non-hydrogen) atoms. The van der Waals surface area contributed by atoms with Crippen LogP contribution in [0, 0.1) is 0 Å². The quantitative estimate of drug-likeness (QED) is 0.236. The van der Waals surface area contributed by atoms with Crippen molar-refractivity contribution in [1.29, 1.82) is 0 Å². The molecule has 0 bridgehead atoms. The molecule has 0 unspecified atom stereocenters. The summed E-state index contributed by atoms with van der Waals surface area (Å²) in [7, 11) is 0. The van der Waals surface area contributed by atoms with E-state index in [0.29, 0.717) is 18.5 Å². The Balaban J connectivity index is 2.19. The third-order valence-electron chi connectivity index (χ3n) is 3.09. The third-order valence-corrected chi connectivity index (χ3v) is 3.09. The van der Waals surface area contributed by atoms with E-state index >= 15 is 0 Å². The summed E-state index contributed by atoms with van der Waals surface area (Å²) in [6.07, 6.45) is 2.23. The van der Waals surface area contributed by atoms with Crippen LogP contribution in [0.2, 0.25) is 0 Å². The maximum Gasteiger partial charge on any atom is 0.245 e. The van der Waals surface area contributed by atoms with Crippen molar-refractivity contribution >= 4 is 11.9 Å². The first-order chi connectivity index (χ1) is 7.55. The highest BCUT2D eigenvalue weighted by Crippen LogP contribution is 2.25. The van der Waals surface area contributed by atoms with Crippen LogP contribution in [0.15, 0.2) is 4.99 Å². The molecule has 2 rings (SSSR count). The van der Waals surface area contributed by atoms with Crippen molar-refractivity contribution in [2.75, 3.05) is 13.1 Å². The minimum absolute atomic E-state index is 0.0116. The highest BCUT2D eigenvalue weighted by atomic mass is 16.2. The molecule has 0 spiro atoms. The zero-order valence-corrected chi connectivity index (χ0v) is 9.79. The normalized spacial score (nSPS) is 25.3. The predicted molar refractivity (Wildman–Crippen MR) is 61.6 cm³/mol. The Labute approximate surface area is 95.2 Å². The largest absolute Gasteiger partial charge is 0.352 e. The molecule has 4 N–H and O–H groups in total. The molecule has 0 radical (unpaired) electrons. The molecule has 0 aromatic rings. The molecule has 2 aliphatic rings. The fourth-order valence-corrected chi connectivity index (χ4v) is 1.83. The van der Waals surface area contributed by atoms with E-state index in [1.54, 1.807) is 0 Å². The van der Waals surface area contributed by atoms with Gasteiger partial charge in [-0.15, -0.1) is 0 Å². The van der Waals surface area contributed by atoms with Crippen molar-refractivity contribution in [3.05, 3.63) is 0 Å². The second-order valence-corrected chi connectivity index (χ2v) is 4.79. The van der Waals surface area contributed by atoms with Gasteiger partial charge in [0.25, 0.3) is 0 Å². The van der Waals surface area contributed by atoms with Gasteiger partial charge in [-0.3, -0.25) is 10.2 Å². The van der Waals surface area contributed by atoms with Crippen molar-refractivity contribution < 1.29 is 4.79 Å². The lowest BCUT2D eigenvalue weighted by molar-refractivity contribution is -0.132. The maximum absolute atomic E-state index is 11.8. The van der Waals surface area contributed by atoms with Gasteiger partial charge >= 0.3 is 0 Å². The molecule has 6 nitrogen and oxygen atoms in total. The Hall–Kier alpha value is -1.30. The van der Waals surface area contributed by atoms with Gasteiger partial charge in [0.05, 0.1) is 6.04 Å². The van der Waals surface area contributed by atoms with E-state index in [-0.39, 0.29) is 5.91 Å². The topological polar surface area (TPSA) is 82.8 Å².